The van der Waals surface area contributed by atoms with Crippen LogP contribution >= 0.6 is 0 Å². The van der Waals surface area contributed by atoms with Gasteiger partial charge in [-0.15, -0.1) is 6.58 Å². The van der Waals surface area contributed by atoms with Crippen LogP contribution in [0.15, 0.2) is 12.7 Å². The maximum atomic E-state index is 11.9. The lowest BCUT2D eigenvalue weighted by atomic mass is 10.0. The Morgan fingerprint density at radius 3 is 2.94 bits per heavy atom. The van der Waals surface area contributed by atoms with E-state index in [4.69, 9.17) is 5.11 Å². The molecular weight excluding hydrogens is 228 g/mol. The van der Waals surface area contributed by atoms with E-state index in [1.807, 2.05) is 6.08 Å². The van der Waals surface area contributed by atoms with Gasteiger partial charge in [0.1, 0.15) is 0 Å². The van der Waals surface area contributed by atoms with Crippen LogP contribution < -0.4 is 10.6 Å². The highest BCUT2D eigenvalue weighted by Gasteiger charge is 2.28. The number of carbonyl (C=O) groups excluding carboxylic acids is 1. The number of carbonyl (C=O) groups is 1. The molecule has 1 rings (SSSR count). The molecule has 0 unspecified atom stereocenters. The molecule has 18 heavy (non-hydrogen) atoms. The van der Waals surface area contributed by atoms with Crippen molar-refractivity contribution in [1.29, 1.82) is 0 Å². The number of aliphatic hydroxyl groups excluding tert-OH is 1. The highest BCUT2D eigenvalue weighted by molar-refractivity contribution is 5.74. The van der Waals surface area contributed by atoms with Crippen LogP contribution in [0.5, 0.6) is 0 Å². The smallest absolute Gasteiger partial charge is 0.315 e. The van der Waals surface area contributed by atoms with Gasteiger partial charge in [0.25, 0.3) is 0 Å². The molecule has 2 amide bonds. The molecule has 1 fully saturated rings. The second kappa shape index (κ2) is 8.14. The molecule has 0 aliphatic heterocycles. The second-order valence-corrected chi connectivity index (χ2v) is 5.06. The number of urea groups is 1. The van der Waals surface area contributed by atoms with E-state index in [0.717, 1.165) is 38.5 Å². The average molecular weight is 254 g/mol. The largest absolute Gasteiger partial charge is 0.396 e. The van der Waals surface area contributed by atoms with Crippen molar-refractivity contribution in [2.45, 2.75) is 57.5 Å². The Labute approximate surface area is 110 Å². The van der Waals surface area contributed by atoms with Crippen LogP contribution in [0.25, 0.3) is 0 Å². The Morgan fingerprint density at radius 1 is 1.56 bits per heavy atom. The van der Waals surface area contributed by atoms with Gasteiger partial charge in [0.05, 0.1) is 0 Å². The van der Waals surface area contributed by atoms with Gasteiger partial charge in [-0.3, -0.25) is 0 Å². The summed E-state index contributed by atoms with van der Waals surface area (Å²) in [5, 5.41) is 15.0. The van der Waals surface area contributed by atoms with E-state index in [-0.39, 0.29) is 24.7 Å². The molecule has 0 saturated heterocycles. The topological polar surface area (TPSA) is 61.4 Å². The zero-order valence-electron chi connectivity index (χ0n) is 11.3. The quantitative estimate of drug-likeness (QED) is 0.610. The first kappa shape index (κ1) is 15.0. The maximum absolute atomic E-state index is 11.9. The number of rotatable bonds is 7. The summed E-state index contributed by atoms with van der Waals surface area (Å²) in [6, 6.07) is 0.303. The molecule has 3 N–H and O–H groups in total. The van der Waals surface area contributed by atoms with Crippen molar-refractivity contribution in [3.05, 3.63) is 12.7 Å². The van der Waals surface area contributed by atoms with Crippen molar-refractivity contribution in [1.82, 2.24) is 10.6 Å². The lowest BCUT2D eigenvalue weighted by Crippen LogP contribution is -2.47. The Morgan fingerprint density at radius 2 is 2.33 bits per heavy atom. The lowest BCUT2D eigenvalue weighted by molar-refractivity contribution is 0.218. The van der Waals surface area contributed by atoms with Crippen molar-refractivity contribution in [3.8, 4) is 0 Å². The van der Waals surface area contributed by atoms with Crippen LogP contribution in [0.1, 0.15) is 45.4 Å². The van der Waals surface area contributed by atoms with Crippen molar-refractivity contribution < 1.29 is 9.90 Å². The van der Waals surface area contributed by atoms with Crippen molar-refractivity contribution in [2.24, 2.45) is 5.92 Å². The highest BCUT2D eigenvalue weighted by Crippen LogP contribution is 2.27. The number of aliphatic hydroxyl groups is 1. The van der Waals surface area contributed by atoms with Gasteiger partial charge in [-0.25, -0.2) is 4.79 Å². The molecule has 0 heterocycles. The first-order chi connectivity index (χ1) is 8.71. The van der Waals surface area contributed by atoms with Gasteiger partial charge in [-0.1, -0.05) is 19.4 Å². The molecule has 1 aliphatic rings. The SMILES string of the molecule is C=CC[C@H](CC)NC(=O)N[C@H]1CCC[C@H]1CCO. The van der Waals surface area contributed by atoms with E-state index in [0.29, 0.717) is 5.92 Å². The summed E-state index contributed by atoms with van der Waals surface area (Å²) in [5.41, 5.74) is 0. The number of hydrogen-bond acceptors (Lipinski definition) is 2. The van der Waals surface area contributed by atoms with Gasteiger partial charge in [-0.2, -0.15) is 0 Å². The van der Waals surface area contributed by atoms with Crippen LogP contribution in [0.4, 0.5) is 4.79 Å². The molecule has 104 valence electrons. The van der Waals surface area contributed by atoms with Gasteiger partial charge in [0, 0.05) is 18.7 Å². The molecule has 0 radical (unpaired) electrons. The van der Waals surface area contributed by atoms with E-state index < -0.39 is 0 Å². The molecular formula is C14H26N2O2. The third-order valence-electron chi connectivity index (χ3n) is 3.75. The van der Waals surface area contributed by atoms with Crippen LogP contribution in [-0.4, -0.2) is 29.8 Å². The monoisotopic (exact) mass is 254 g/mol. The summed E-state index contributed by atoms with van der Waals surface area (Å²) >= 11 is 0. The molecule has 4 nitrogen and oxygen atoms in total. The average Bonchev–Trinajstić information content (AvgIpc) is 2.76. The Bertz CT molecular complexity index is 269. The van der Waals surface area contributed by atoms with E-state index in [2.05, 4.69) is 24.1 Å². The highest BCUT2D eigenvalue weighted by atomic mass is 16.3. The fourth-order valence-corrected chi connectivity index (χ4v) is 2.66. The fourth-order valence-electron chi connectivity index (χ4n) is 2.66. The van der Waals surface area contributed by atoms with Crippen molar-refractivity contribution in [2.75, 3.05) is 6.61 Å². The lowest BCUT2D eigenvalue weighted by Gasteiger charge is -2.22. The van der Waals surface area contributed by atoms with E-state index >= 15 is 0 Å². The number of nitrogens with one attached hydrogen (secondary N) is 2. The minimum Gasteiger partial charge on any atom is -0.396 e. The minimum absolute atomic E-state index is 0.0847. The van der Waals surface area contributed by atoms with Gasteiger partial charge < -0.3 is 15.7 Å². The van der Waals surface area contributed by atoms with Gasteiger partial charge in [0.2, 0.25) is 0 Å². The third kappa shape index (κ3) is 4.69. The van der Waals surface area contributed by atoms with Crippen LogP contribution in [0, 0.1) is 5.92 Å². The molecule has 3 atom stereocenters. The van der Waals surface area contributed by atoms with E-state index in [1.165, 1.54) is 0 Å². The zero-order chi connectivity index (χ0) is 13.4. The molecule has 1 aliphatic carbocycles. The molecule has 0 spiro atoms. The fraction of sp³-hybridized carbons (Fsp3) is 0.786. The summed E-state index contributed by atoms with van der Waals surface area (Å²) in [6.07, 6.45) is 7.59. The zero-order valence-corrected chi connectivity index (χ0v) is 11.3. The summed E-state index contributed by atoms with van der Waals surface area (Å²) < 4.78 is 0. The Balaban J connectivity index is 2.36. The molecule has 1 saturated carbocycles. The molecule has 4 heteroatoms. The number of amides is 2. The van der Waals surface area contributed by atoms with Crippen LogP contribution in [0.3, 0.4) is 0 Å². The summed E-state index contributed by atoms with van der Waals surface area (Å²) in [5.74, 6) is 0.431. The predicted molar refractivity (Wildman–Crippen MR) is 73.4 cm³/mol. The van der Waals surface area contributed by atoms with E-state index in [1.54, 1.807) is 0 Å². The normalized spacial score (nSPS) is 24.6. The summed E-state index contributed by atoms with van der Waals surface area (Å²) in [7, 11) is 0. The van der Waals surface area contributed by atoms with Crippen LogP contribution in [-0.2, 0) is 0 Å². The molecule has 0 aromatic carbocycles. The summed E-state index contributed by atoms with van der Waals surface area (Å²) in [6.45, 7) is 5.96. The molecule has 0 bridgehead atoms. The van der Waals surface area contributed by atoms with Gasteiger partial charge >= 0.3 is 6.03 Å². The summed E-state index contributed by atoms with van der Waals surface area (Å²) in [4.78, 5) is 11.9. The van der Waals surface area contributed by atoms with E-state index in [9.17, 15) is 4.79 Å². The molecule has 0 aromatic heterocycles. The van der Waals surface area contributed by atoms with Crippen molar-refractivity contribution >= 4 is 6.03 Å². The van der Waals surface area contributed by atoms with Crippen LogP contribution in [0.2, 0.25) is 0 Å². The maximum Gasteiger partial charge on any atom is 0.315 e. The molecule has 0 aromatic rings. The third-order valence-corrected chi connectivity index (χ3v) is 3.75. The standard InChI is InChI=1S/C14H26N2O2/c1-3-6-12(4-2)15-14(18)16-13-8-5-7-11(13)9-10-17/h3,11-13,17H,1,4-10H2,2H3,(H2,15,16,18)/t11-,12-,13-/m0/s1. The Hall–Kier alpha value is -1.03. The van der Waals surface area contributed by atoms with Crippen molar-refractivity contribution in [3.63, 3.8) is 0 Å². The predicted octanol–water partition coefficient (Wildman–Crippen LogP) is 2.19. The number of hydrogen-bond donors (Lipinski definition) is 3. The van der Waals surface area contributed by atoms with Gasteiger partial charge in [-0.05, 0) is 38.0 Å². The second-order valence-electron chi connectivity index (χ2n) is 5.06. The Kier molecular flexibility index (Phi) is 6.80. The minimum atomic E-state index is -0.0847. The van der Waals surface area contributed by atoms with Gasteiger partial charge in [0.15, 0.2) is 0 Å². The first-order valence-electron chi connectivity index (χ1n) is 7.00. The first-order valence-corrected chi connectivity index (χ1v) is 7.00.